The zero-order chi connectivity index (χ0) is 16.7. The van der Waals surface area contributed by atoms with Crippen molar-refractivity contribution in [2.75, 3.05) is 13.7 Å². The number of nitrogens with one attached hydrogen (secondary N) is 1. The topological polar surface area (TPSA) is 30.5 Å². The Morgan fingerprint density at radius 2 is 1.83 bits per heavy atom. The summed E-state index contributed by atoms with van der Waals surface area (Å²) in [6, 6.07) is 14.4. The van der Waals surface area contributed by atoms with Gasteiger partial charge in [-0.15, -0.1) is 0 Å². The first-order chi connectivity index (χ1) is 11.1. The van der Waals surface area contributed by atoms with Crippen LogP contribution >= 0.6 is 22.6 Å². The third-order valence-corrected chi connectivity index (χ3v) is 4.20. The molecule has 0 unspecified atom stereocenters. The van der Waals surface area contributed by atoms with Crippen molar-refractivity contribution in [1.29, 1.82) is 0 Å². The van der Waals surface area contributed by atoms with Crippen molar-refractivity contribution in [3.63, 3.8) is 0 Å². The predicted octanol–water partition coefficient (Wildman–Crippen LogP) is 4.62. The predicted molar refractivity (Wildman–Crippen MR) is 103 cm³/mol. The molecule has 23 heavy (non-hydrogen) atoms. The van der Waals surface area contributed by atoms with Crippen molar-refractivity contribution in [1.82, 2.24) is 5.32 Å². The third-order valence-electron chi connectivity index (χ3n) is 3.40. The van der Waals surface area contributed by atoms with Gasteiger partial charge in [-0.05, 0) is 58.3 Å². The number of hydrogen-bond acceptors (Lipinski definition) is 3. The Labute approximate surface area is 152 Å². The minimum Gasteiger partial charge on any atom is -0.493 e. The normalized spacial score (nSPS) is 10.8. The van der Waals surface area contributed by atoms with E-state index in [1.807, 2.05) is 18.2 Å². The molecule has 0 aromatic heterocycles. The second-order valence-corrected chi connectivity index (χ2v) is 7.07. The molecule has 124 valence electrons. The van der Waals surface area contributed by atoms with Crippen molar-refractivity contribution in [2.24, 2.45) is 5.92 Å². The van der Waals surface area contributed by atoms with Crippen LogP contribution in [0.5, 0.6) is 11.5 Å². The Balaban J connectivity index is 2.07. The van der Waals surface area contributed by atoms with E-state index in [1.165, 1.54) is 5.56 Å². The van der Waals surface area contributed by atoms with Crippen molar-refractivity contribution in [2.45, 2.75) is 27.0 Å². The lowest BCUT2D eigenvalue weighted by Gasteiger charge is -2.15. The van der Waals surface area contributed by atoms with E-state index in [-0.39, 0.29) is 0 Å². The van der Waals surface area contributed by atoms with Crippen molar-refractivity contribution >= 4 is 22.6 Å². The van der Waals surface area contributed by atoms with Gasteiger partial charge in [0.25, 0.3) is 0 Å². The van der Waals surface area contributed by atoms with Crippen molar-refractivity contribution in [3.05, 3.63) is 57.2 Å². The second kappa shape index (κ2) is 9.13. The molecule has 1 N–H and O–H groups in total. The number of halogens is 1. The van der Waals surface area contributed by atoms with Crippen LogP contribution < -0.4 is 14.8 Å². The van der Waals surface area contributed by atoms with E-state index in [1.54, 1.807) is 7.11 Å². The van der Waals surface area contributed by atoms with Gasteiger partial charge in [-0.25, -0.2) is 0 Å². The molecule has 0 aliphatic heterocycles. The number of benzene rings is 2. The van der Waals surface area contributed by atoms with E-state index in [4.69, 9.17) is 9.47 Å². The summed E-state index contributed by atoms with van der Waals surface area (Å²) in [4.78, 5) is 0. The van der Waals surface area contributed by atoms with Crippen LogP contribution in [0.4, 0.5) is 0 Å². The smallest absolute Gasteiger partial charge is 0.174 e. The van der Waals surface area contributed by atoms with Crippen LogP contribution in [0.2, 0.25) is 0 Å². The van der Waals surface area contributed by atoms with E-state index in [2.05, 4.69) is 66.0 Å². The Morgan fingerprint density at radius 1 is 1.09 bits per heavy atom. The molecule has 0 heterocycles. The van der Waals surface area contributed by atoms with Crippen molar-refractivity contribution < 1.29 is 9.47 Å². The minimum atomic E-state index is 0.540. The molecule has 4 heteroatoms. The van der Waals surface area contributed by atoms with Crippen LogP contribution in [-0.2, 0) is 13.2 Å². The molecule has 0 spiro atoms. The Kier molecular flexibility index (Phi) is 7.17. The van der Waals surface area contributed by atoms with E-state index in [0.717, 1.165) is 33.7 Å². The summed E-state index contributed by atoms with van der Waals surface area (Å²) in [5.41, 5.74) is 2.35. The quantitative estimate of drug-likeness (QED) is 0.626. The summed E-state index contributed by atoms with van der Waals surface area (Å²) in [5.74, 6) is 2.24. The second-order valence-electron chi connectivity index (χ2n) is 5.91. The lowest BCUT2D eigenvalue weighted by molar-refractivity contribution is 0.282. The summed E-state index contributed by atoms with van der Waals surface area (Å²) in [6.07, 6.45) is 0. The highest BCUT2D eigenvalue weighted by Gasteiger charge is 2.12. The molecule has 2 aromatic carbocycles. The Bertz CT molecular complexity index is 614. The van der Waals surface area contributed by atoms with Crippen LogP contribution in [0, 0.1) is 9.49 Å². The third kappa shape index (κ3) is 5.70. The van der Waals surface area contributed by atoms with Gasteiger partial charge >= 0.3 is 0 Å². The summed E-state index contributed by atoms with van der Waals surface area (Å²) < 4.78 is 12.6. The van der Waals surface area contributed by atoms with Crippen LogP contribution in [0.3, 0.4) is 0 Å². The fourth-order valence-electron chi connectivity index (χ4n) is 2.25. The van der Waals surface area contributed by atoms with Crippen LogP contribution in [-0.4, -0.2) is 13.7 Å². The largest absolute Gasteiger partial charge is 0.493 e. The summed E-state index contributed by atoms with van der Waals surface area (Å²) in [7, 11) is 1.69. The number of methoxy groups -OCH3 is 1. The number of ether oxygens (including phenoxy) is 2. The molecule has 0 aliphatic carbocycles. The van der Waals surface area contributed by atoms with Crippen LogP contribution in [0.25, 0.3) is 0 Å². The number of hydrogen-bond donors (Lipinski definition) is 1. The van der Waals surface area contributed by atoms with Gasteiger partial charge in [0.1, 0.15) is 6.61 Å². The molecule has 0 fully saturated rings. The lowest BCUT2D eigenvalue weighted by Crippen LogP contribution is -2.19. The van der Waals surface area contributed by atoms with E-state index >= 15 is 0 Å². The van der Waals surface area contributed by atoms with Gasteiger partial charge in [0, 0.05) is 6.54 Å². The maximum Gasteiger partial charge on any atom is 0.174 e. The average Bonchev–Trinajstić information content (AvgIpc) is 2.54. The molecule has 0 saturated heterocycles. The first-order valence-electron chi connectivity index (χ1n) is 7.84. The van der Waals surface area contributed by atoms with Gasteiger partial charge in [0.2, 0.25) is 0 Å². The summed E-state index contributed by atoms with van der Waals surface area (Å²) in [6.45, 7) is 6.79. The molecule has 2 rings (SSSR count). The molecule has 0 radical (unpaired) electrons. The lowest BCUT2D eigenvalue weighted by atomic mass is 10.1. The summed E-state index contributed by atoms with van der Waals surface area (Å²) >= 11 is 2.31. The van der Waals surface area contributed by atoms with E-state index < -0.39 is 0 Å². The Hall–Kier alpha value is -1.27. The van der Waals surface area contributed by atoms with Gasteiger partial charge in [-0.2, -0.15) is 0 Å². The molecule has 0 bridgehead atoms. The highest BCUT2D eigenvalue weighted by molar-refractivity contribution is 14.1. The standard InChI is InChI=1S/C19H24INO2/c1-14(2)11-21-12-16-9-17(20)19(18(10-16)22-3)23-13-15-7-5-4-6-8-15/h4-10,14,21H,11-13H2,1-3H3. The molecule has 2 aromatic rings. The summed E-state index contributed by atoms with van der Waals surface area (Å²) in [5, 5.41) is 3.46. The molecule has 0 atom stereocenters. The van der Waals surface area contributed by atoms with Crippen LogP contribution in [0.1, 0.15) is 25.0 Å². The highest BCUT2D eigenvalue weighted by atomic mass is 127. The fraction of sp³-hybridized carbons (Fsp3) is 0.368. The van der Waals surface area contributed by atoms with E-state index in [9.17, 15) is 0 Å². The zero-order valence-corrected chi connectivity index (χ0v) is 16.1. The molecule has 0 amide bonds. The van der Waals surface area contributed by atoms with E-state index in [0.29, 0.717) is 12.5 Å². The molecule has 3 nitrogen and oxygen atoms in total. The minimum absolute atomic E-state index is 0.540. The van der Waals surface area contributed by atoms with Crippen molar-refractivity contribution in [3.8, 4) is 11.5 Å². The maximum absolute atomic E-state index is 5.99. The monoisotopic (exact) mass is 425 g/mol. The highest BCUT2D eigenvalue weighted by Crippen LogP contribution is 2.34. The average molecular weight is 425 g/mol. The molecular formula is C19H24INO2. The Morgan fingerprint density at radius 3 is 2.48 bits per heavy atom. The first-order valence-corrected chi connectivity index (χ1v) is 8.92. The molecule has 0 aliphatic rings. The SMILES string of the molecule is COc1cc(CNCC(C)C)cc(I)c1OCc1ccccc1. The van der Waals surface area contributed by atoms with Crippen LogP contribution in [0.15, 0.2) is 42.5 Å². The van der Waals surface area contributed by atoms with Gasteiger partial charge < -0.3 is 14.8 Å². The van der Waals surface area contributed by atoms with Gasteiger partial charge in [-0.3, -0.25) is 0 Å². The zero-order valence-electron chi connectivity index (χ0n) is 13.9. The molecular weight excluding hydrogens is 401 g/mol. The first kappa shape index (κ1) is 18.1. The maximum atomic E-state index is 5.99. The van der Waals surface area contributed by atoms with Gasteiger partial charge in [-0.1, -0.05) is 44.2 Å². The van der Waals surface area contributed by atoms with Gasteiger partial charge in [0.15, 0.2) is 11.5 Å². The van der Waals surface area contributed by atoms with Gasteiger partial charge in [0.05, 0.1) is 10.7 Å². The fourth-order valence-corrected chi connectivity index (χ4v) is 3.07. The number of rotatable bonds is 8. The molecule has 0 saturated carbocycles.